The van der Waals surface area contributed by atoms with Crippen LogP contribution in [0.15, 0.2) is 47.4 Å². The number of carbonyl (C=O) groups is 1. The molecule has 7 heteroatoms. The number of aromatic carboxylic acids is 1. The van der Waals surface area contributed by atoms with Gasteiger partial charge in [-0.25, -0.2) is 17.9 Å². The van der Waals surface area contributed by atoms with Gasteiger partial charge >= 0.3 is 5.97 Å². The minimum atomic E-state index is -3.83. The van der Waals surface area contributed by atoms with E-state index >= 15 is 0 Å². The molecule has 2 rings (SSSR count). The smallest absolute Gasteiger partial charge is 0.335 e. The van der Waals surface area contributed by atoms with Crippen LogP contribution in [0.2, 0.25) is 0 Å². The van der Waals surface area contributed by atoms with Crippen molar-refractivity contribution in [3.05, 3.63) is 53.6 Å². The molecule has 0 fully saturated rings. The van der Waals surface area contributed by atoms with Crippen LogP contribution in [0, 0.1) is 0 Å². The number of ether oxygens (including phenoxy) is 1. The predicted molar refractivity (Wildman–Crippen MR) is 95.3 cm³/mol. The average Bonchev–Trinajstić information content (AvgIpc) is 2.61. The van der Waals surface area contributed by atoms with E-state index in [1.54, 1.807) is 0 Å². The SMILES string of the molecule is CCc1cccc(-c2cc(C(=O)O)cc(S(=O)(=O)NCCOC)c2)c1. The largest absolute Gasteiger partial charge is 0.478 e. The van der Waals surface area contributed by atoms with Gasteiger partial charge in [0.05, 0.1) is 17.1 Å². The molecule has 0 atom stereocenters. The first-order valence-electron chi connectivity index (χ1n) is 7.83. The van der Waals surface area contributed by atoms with E-state index < -0.39 is 16.0 Å². The zero-order valence-electron chi connectivity index (χ0n) is 14.2. The van der Waals surface area contributed by atoms with Gasteiger partial charge in [-0.15, -0.1) is 0 Å². The number of methoxy groups -OCH3 is 1. The molecule has 2 aromatic rings. The van der Waals surface area contributed by atoms with Crippen molar-refractivity contribution in [2.75, 3.05) is 20.3 Å². The zero-order chi connectivity index (χ0) is 18.4. The van der Waals surface area contributed by atoms with Crippen molar-refractivity contribution in [2.45, 2.75) is 18.2 Å². The van der Waals surface area contributed by atoms with E-state index in [0.29, 0.717) is 5.56 Å². The summed E-state index contributed by atoms with van der Waals surface area (Å²) in [5.41, 5.74) is 2.32. The first-order chi connectivity index (χ1) is 11.9. The Morgan fingerprint density at radius 2 is 1.92 bits per heavy atom. The number of carboxylic acids is 1. The first-order valence-corrected chi connectivity index (χ1v) is 9.32. The van der Waals surface area contributed by atoms with Crippen LogP contribution in [-0.2, 0) is 21.2 Å². The van der Waals surface area contributed by atoms with E-state index in [1.165, 1.54) is 19.2 Å². The Morgan fingerprint density at radius 3 is 2.56 bits per heavy atom. The van der Waals surface area contributed by atoms with Crippen molar-refractivity contribution in [3.63, 3.8) is 0 Å². The highest BCUT2D eigenvalue weighted by molar-refractivity contribution is 7.89. The van der Waals surface area contributed by atoms with Crippen molar-refractivity contribution in [1.29, 1.82) is 0 Å². The van der Waals surface area contributed by atoms with Crippen molar-refractivity contribution < 1.29 is 23.1 Å². The van der Waals surface area contributed by atoms with Crippen molar-refractivity contribution in [3.8, 4) is 11.1 Å². The van der Waals surface area contributed by atoms with Gasteiger partial charge in [-0.1, -0.05) is 31.2 Å². The molecule has 0 bridgehead atoms. The molecule has 0 heterocycles. The zero-order valence-corrected chi connectivity index (χ0v) is 15.0. The van der Waals surface area contributed by atoms with Gasteiger partial charge in [-0.3, -0.25) is 0 Å². The molecular formula is C18H21NO5S. The molecule has 2 aromatic carbocycles. The normalized spacial score (nSPS) is 11.4. The molecule has 0 saturated carbocycles. The second-order valence-electron chi connectivity index (χ2n) is 5.50. The number of nitrogens with one attached hydrogen (secondary N) is 1. The summed E-state index contributed by atoms with van der Waals surface area (Å²) in [6, 6.07) is 11.7. The average molecular weight is 363 g/mol. The van der Waals surface area contributed by atoms with Crippen LogP contribution in [-0.4, -0.2) is 39.8 Å². The third-order valence-corrected chi connectivity index (χ3v) is 5.17. The summed E-state index contributed by atoms with van der Waals surface area (Å²) in [6.45, 7) is 2.35. The van der Waals surface area contributed by atoms with E-state index in [2.05, 4.69) is 4.72 Å². The predicted octanol–water partition coefficient (Wildman–Crippen LogP) is 2.54. The summed E-state index contributed by atoms with van der Waals surface area (Å²) in [7, 11) is -2.36. The van der Waals surface area contributed by atoms with E-state index in [9.17, 15) is 18.3 Å². The fraction of sp³-hybridized carbons (Fsp3) is 0.278. The van der Waals surface area contributed by atoms with Crippen molar-refractivity contribution >= 4 is 16.0 Å². The van der Waals surface area contributed by atoms with Gasteiger partial charge in [0, 0.05) is 13.7 Å². The third-order valence-electron chi connectivity index (χ3n) is 3.73. The van der Waals surface area contributed by atoms with Crippen LogP contribution in [0.1, 0.15) is 22.8 Å². The lowest BCUT2D eigenvalue weighted by atomic mass is 10.0. The summed E-state index contributed by atoms with van der Waals surface area (Å²) in [5, 5.41) is 9.33. The Hall–Kier alpha value is -2.22. The highest BCUT2D eigenvalue weighted by atomic mass is 32.2. The lowest BCUT2D eigenvalue weighted by molar-refractivity contribution is 0.0696. The van der Waals surface area contributed by atoms with E-state index in [-0.39, 0.29) is 23.6 Å². The van der Waals surface area contributed by atoms with Crippen molar-refractivity contribution in [1.82, 2.24) is 4.72 Å². The highest BCUT2D eigenvalue weighted by Gasteiger charge is 2.18. The maximum atomic E-state index is 12.4. The van der Waals surface area contributed by atoms with Crippen LogP contribution in [0.25, 0.3) is 11.1 Å². The number of carboxylic acid groups (broad SMARTS) is 1. The molecule has 25 heavy (non-hydrogen) atoms. The molecule has 0 aliphatic heterocycles. The summed E-state index contributed by atoms with van der Waals surface area (Å²) in [5.74, 6) is -1.18. The fourth-order valence-corrected chi connectivity index (χ4v) is 3.46. The standard InChI is InChI=1S/C18H21NO5S/c1-3-13-5-4-6-14(9-13)15-10-16(18(20)21)12-17(11-15)25(22,23)19-7-8-24-2/h4-6,9-12,19H,3,7-8H2,1-2H3,(H,20,21). The number of benzene rings is 2. The minimum absolute atomic E-state index is 0.0773. The van der Waals surface area contributed by atoms with Gasteiger partial charge in [0.2, 0.25) is 10.0 Å². The number of aryl methyl sites for hydroxylation is 1. The molecule has 0 amide bonds. The number of sulfonamides is 1. The van der Waals surface area contributed by atoms with Crippen LogP contribution in [0.3, 0.4) is 0 Å². The molecule has 0 spiro atoms. The van der Waals surface area contributed by atoms with Crippen LogP contribution in [0.4, 0.5) is 0 Å². The molecular weight excluding hydrogens is 342 g/mol. The molecule has 0 unspecified atom stereocenters. The Morgan fingerprint density at radius 1 is 1.16 bits per heavy atom. The molecule has 2 N–H and O–H groups in total. The second kappa shape index (κ2) is 8.24. The van der Waals surface area contributed by atoms with E-state index in [4.69, 9.17) is 4.74 Å². The summed E-state index contributed by atoms with van der Waals surface area (Å²) in [4.78, 5) is 11.3. The van der Waals surface area contributed by atoms with Crippen molar-refractivity contribution in [2.24, 2.45) is 0 Å². The Kier molecular flexibility index (Phi) is 6.30. The van der Waals surface area contributed by atoms with Gasteiger partial charge in [0.25, 0.3) is 0 Å². The topological polar surface area (TPSA) is 92.7 Å². The molecule has 0 aromatic heterocycles. The molecule has 0 saturated heterocycles. The molecule has 134 valence electrons. The highest BCUT2D eigenvalue weighted by Crippen LogP contribution is 2.26. The lowest BCUT2D eigenvalue weighted by Gasteiger charge is -2.11. The van der Waals surface area contributed by atoms with E-state index in [1.807, 2.05) is 31.2 Å². The van der Waals surface area contributed by atoms with Gasteiger partial charge in [0.15, 0.2) is 0 Å². The second-order valence-corrected chi connectivity index (χ2v) is 7.26. The van der Waals surface area contributed by atoms with Crippen LogP contribution >= 0.6 is 0 Å². The maximum Gasteiger partial charge on any atom is 0.335 e. The molecule has 0 aliphatic carbocycles. The summed E-state index contributed by atoms with van der Waals surface area (Å²) >= 11 is 0. The summed E-state index contributed by atoms with van der Waals surface area (Å²) in [6.07, 6.45) is 0.830. The van der Waals surface area contributed by atoms with Crippen LogP contribution in [0.5, 0.6) is 0 Å². The number of hydrogen-bond acceptors (Lipinski definition) is 4. The Bertz CT molecular complexity index is 862. The Labute approximate surface area is 147 Å². The monoisotopic (exact) mass is 363 g/mol. The third kappa shape index (κ3) is 4.88. The Balaban J connectivity index is 2.51. The first kappa shape index (κ1) is 19.1. The van der Waals surface area contributed by atoms with Gasteiger partial charge in [0.1, 0.15) is 0 Å². The van der Waals surface area contributed by atoms with Crippen LogP contribution < -0.4 is 4.72 Å². The van der Waals surface area contributed by atoms with Gasteiger partial charge < -0.3 is 9.84 Å². The lowest BCUT2D eigenvalue weighted by Crippen LogP contribution is -2.27. The number of rotatable bonds is 8. The summed E-state index contributed by atoms with van der Waals surface area (Å²) < 4.78 is 32.1. The molecule has 0 radical (unpaired) electrons. The number of hydrogen-bond donors (Lipinski definition) is 2. The molecule has 0 aliphatic rings. The minimum Gasteiger partial charge on any atom is -0.478 e. The van der Waals surface area contributed by atoms with Gasteiger partial charge in [-0.2, -0.15) is 0 Å². The fourth-order valence-electron chi connectivity index (χ4n) is 2.38. The maximum absolute atomic E-state index is 12.4. The van der Waals surface area contributed by atoms with E-state index in [0.717, 1.165) is 23.6 Å². The molecule has 6 nitrogen and oxygen atoms in total. The van der Waals surface area contributed by atoms with Gasteiger partial charge in [-0.05, 0) is 41.3 Å². The quantitative estimate of drug-likeness (QED) is 0.703.